The zero-order valence-corrected chi connectivity index (χ0v) is 12.1. The summed E-state index contributed by atoms with van der Waals surface area (Å²) < 4.78 is 1.06. The molecule has 1 aromatic heterocycles. The number of carbonyl (C=O) groups excluding carboxylic acids is 1. The van der Waals surface area contributed by atoms with Gasteiger partial charge in [-0.3, -0.25) is 4.79 Å². The van der Waals surface area contributed by atoms with Gasteiger partial charge in [0, 0.05) is 13.6 Å². The first-order valence-electron chi connectivity index (χ1n) is 6.03. The maximum atomic E-state index is 11.7. The van der Waals surface area contributed by atoms with Gasteiger partial charge in [0.25, 0.3) is 0 Å². The number of amides is 1. The van der Waals surface area contributed by atoms with Gasteiger partial charge in [-0.15, -0.1) is 11.3 Å². The second kappa shape index (κ2) is 5.05. The summed E-state index contributed by atoms with van der Waals surface area (Å²) in [6.07, 6.45) is 0. The van der Waals surface area contributed by atoms with Crippen molar-refractivity contribution in [1.82, 2.24) is 10.3 Å². The summed E-state index contributed by atoms with van der Waals surface area (Å²) in [7, 11) is 1.64. The molecule has 0 fully saturated rings. The van der Waals surface area contributed by atoms with Gasteiger partial charge in [0.2, 0.25) is 5.91 Å². The first-order chi connectivity index (χ1) is 8.95. The third-order valence-corrected chi connectivity index (χ3v) is 3.90. The largest absolute Gasteiger partial charge is 0.395 e. The van der Waals surface area contributed by atoms with Crippen molar-refractivity contribution in [3.05, 3.63) is 17.6 Å². The average molecular weight is 278 g/mol. The Morgan fingerprint density at radius 3 is 2.89 bits per heavy atom. The number of aromatic nitrogens is 1. The number of benzene rings is 1. The summed E-state index contributed by atoms with van der Waals surface area (Å²) in [5.74, 6) is -0.00620. The molecule has 2 aromatic rings. The molecule has 0 saturated carbocycles. The van der Waals surface area contributed by atoms with E-state index in [0.29, 0.717) is 12.2 Å². The Morgan fingerprint density at radius 2 is 2.21 bits per heavy atom. The van der Waals surface area contributed by atoms with Crippen LogP contribution in [0.1, 0.15) is 13.8 Å². The first-order valence-corrected chi connectivity index (χ1v) is 6.91. The van der Waals surface area contributed by atoms with Crippen molar-refractivity contribution in [1.29, 1.82) is 0 Å². The molecule has 0 spiro atoms. The Balaban J connectivity index is 2.18. The fourth-order valence-electron chi connectivity index (χ4n) is 1.84. The smallest absolute Gasteiger partial charge is 0.227 e. The molecule has 1 aromatic carbocycles. The van der Waals surface area contributed by atoms with Crippen molar-refractivity contribution in [2.45, 2.75) is 13.8 Å². The maximum Gasteiger partial charge on any atom is 0.227 e. The molecule has 1 heterocycles. The Labute approximate surface area is 116 Å². The monoisotopic (exact) mass is 278 g/mol. The summed E-state index contributed by atoms with van der Waals surface area (Å²) in [6, 6.07) is 3.91. The van der Waals surface area contributed by atoms with Crippen LogP contribution >= 0.6 is 11.3 Å². The molecule has 2 rings (SSSR count). The molecule has 0 bridgehead atoms. The lowest BCUT2D eigenvalue weighted by Gasteiger charge is -2.24. The van der Waals surface area contributed by atoms with Crippen LogP contribution in [0.15, 0.2) is 17.6 Å². The van der Waals surface area contributed by atoms with Crippen LogP contribution in [0, 0.1) is 5.41 Å². The summed E-state index contributed by atoms with van der Waals surface area (Å²) in [4.78, 5) is 16.0. The minimum atomic E-state index is -0.502. The van der Waals surface area contributed by atoms with Crippen LogP contribution in [0.5, 0.6) is 0 Å². The van der Waals surface area contributed by atoms with E-state index in [0.717, 1.165) is 15.9 Å². The SMILES string of the molecule is CNC(=O)C(C)(C)CNc1ccc2scnc2c1N. The molecular formula is C13H18N4OS. The number of rotatable bonds is 4. The number of thiazole rings is 1. The normalized spacial score (nSPS) is 11.5. The van der Waals surface area contributed by atoms with Gasteiger partial charge in [0.15, 0.2) is 0 Å². The van der Waals surface area contributed by atoms with E-state index in [1.165, 1.54) is 0 Å². The number of nitrogens with zero attached hydrogens (tertiary/aromatic N) is 1. The van der Waals surface area contributed by atoms with Crippen LogP contribution < -0.4 is 16.4 Å². The zero-order valence-electron chi connectivity index (χ0n) is 11.3. The highest BCUT2D eigenvalue weighted by molar-refractivity contribution is 7.16. The van der Waals surface area contributed by atoms with E-state index in [4.69, 9.17) is 5.73 Å². The van der Waals surface area contributed by atoms with Crippen LogP contribution in [-0.4, -0.2) is 24.5 Å². The summed E-state index contributed by atoms with van der Waals surface area (Å²) in [5, 5.41) is 5.89. The van der Waals surface area contributed by atoms with Crippen LogP contribution in [0.25, 0.3) is 10.2 Å². The van der Waals surface area contributed by atoms with Gasteiger partial charge in [0.1, 0.15) is 5.52 Å². The molecular weight excluding hydrogens is 260 g/mol. The molecule has 0 atom stereocenters. The first kappa shape index (κ1) is 13.6. The van der Waals surface area contributed by atoms with Gasteiger partial charge >= 0.3 is 0 Å². The second-order valence-corrected chi connectivity index (χ2v) is 5.93. The lowest BCUT2D eigenvalue weighted by Crippen LogP contribution is -2.39. The molecule has 1 amide bonds. The summed E-state index contributed by atoms with van der Waals surface area (Å²) in [6.45, 7) is 4.28. The Bertz CT molecular complexity index is 606. The Hall–Kier alpha value is -1.82. The van der Waals surface area contributed by atoms with Crippen molar-refractivity contribution in [3.63, 3.8) is 0 Å². The highest BCUT2D eigenvalue weighted by Crippen LogP contribution is 2.30. The predicted octanol–water partition coefficient (Wildman–Crippen LogP) is 2.06. The molecule has 0 saturated heterocycles. The molecule has 102 valence electrons. The van der Waals surface area contributed by atoms with Crippen LogP contribution in [0.2, 0.25) is 0 Å². The van der Waals surface area contributed by atoms with Crippen LogP contribution in [0.3, 0.4) is 0 Å². The number of fused-ring (bicyclic) bond motifs is 1. The van der Waals surface area contributed by atoms with Gasteiger partial charge in [-0.25, -0.2) is 4.98 Å². The molecule has 0 unspecified atom stereocenters. The number of nitrogens with one attached hydrogen (secondary N) is 2. The molecule has 0 aliphatic carbocycles. The van der Waals surface area contributed by atoms with Crippen molar-refractivity contribution >= 4 is 38.8 Å². The highest BCUT2D eigenvalue weighted by Gasteiger charge is 2.26. The molecule has 5 nitrogen and oxygen atoms in total. The van der Waals surface area contributed by atoms with Gasteiger partial charge < -0.3 is 16.4 Å². The van der Waals surface area contributed by atoms with Crippen LogP contribution in [0.4, 0.5) is 11.4 Å². The molecule has 19 heavy (non-hydrogen) atoms. The van der Waals surface area contributed by atoms with E-state index in [2.05, 4.69) is 15.6 Å². The Kier molecular flexibility index (Phi) is 3.61. The number of hydrogen-bond acceptors (Lipinski definition) is 5. The van der Waals surface area contributed by atoms with E-state index in [-0.39, 0.29) is 5.91 Å². The van der Waals surface area contributed by atoms with Gasteiger partial charge in [-0.05, 0) is 26.0 Å². The van der Waals surface area contributed by atoms with E-state index >= 15 is 0 Å². The lowest BCUT2D eigenvalue weighted by molar-refractivity contribution is -0.128. The fourth-order valence-corrected chi connectivity index (χ4v) is 2.53. The molecule has 0 radical (unpaired) electrons. The topological polar surface area (TPSA) is 80.0 Å². The van der Waals surface area contributed by atoms with Crippen molar-refractivity contribution in [3.8, 4) is 0 Å². The third kappa shape index (κ3) is 2.63. The van der Waals surface area contributed by atoms with Gasteiger partial charge in [-0.2, -0.15) is 0 Å². The Morgan fingerprint density at radius 1 is 1.47 bits per heavy atom. The molecule has 6 heteroatoms. The van der Waals surface area contributed by atoms with E-state index < -0.39 is 5.41 Å². The summed E-state index contributed by atoms with van der Waals surface area (Å²) in [5.41, 5.74) is 9.62. The fraction of sp³-hybridized carbons (Fsp3) is 0.385. The van der Waals surface area contributed by atoms with Gasteiger partial charge in [-0.1, -0.05) is 0 Å². The lowest BCUT2D eigenvalue weighted by atomic mass is 9.92. The van der Waals surface area contributed by atoms with E-state index in [9.17, 15) is 4.79 Å². The number of hydrogen-bond donors (Lipinski definition) is 3. The quantitative estimate of drug-likeness (QED) is 0.748. The van der Waals surface area contributed by atoms with Gasteiger partial charge in [0.05, 0.1) is 27.0 Å². The minimum absolute atomic E-state index is 0.00620. The maximum absolute atomic E-state index is 11.7. The standard InChI is InChI=1S/C13H18N4OS/c1-13(2,12(18)15-3)6-16-8-4-5-9-11(10(8)14)17-7-19-9/h4-5,7,16H,6,14H2,1-3H3,(H,15,18). The predicted molar refractivity (Wildman–Crippen MR) is 80.4 cm³/mol. The van der Waals surface area contributed by atoms with E-state index in [1.807, 2.05) is 26.0 Å². The number of nitrogen functional groups attached to an aromatic ring is 1. The third-order valence-electron chi connectivity index (χ3n) is 3.10. The number of anilines is 2. The van der Waals surface area contributed by atoms with Crippen molar-refractivity contribution < 1.29 is 4.79 Å². The molecule has 0 aliphatic rings. The average Bonchev–Trinajstić information content (AvgIpc) is 2.86. The van der Waals surface area contributed by atoms with Crippen molar-refractivity contribution in [2.75, 3.05) is 24.6 Å². The molecule has 4 N–H and O–H groups in total. The zero-order chi connectivity index (χ0) is 14.0. The van der Waals surface area contributed by atoms with Crippen LogP contribution in [-0.2, 0) is 4.79 Å². The van der Waals surface area contributed by atoms with E-state index in [1.54, 1.807) is 23.9 Å². The van der Waals surface area contributed by atoms with Crippen molar-refractivity contribution in [2.24, 2.45) is 5.41 Å². The second-order valence-electron chi connectivity index (χ2n) is 5.04. The number of nitrogens with two attached hydrogens (primary N) is 1. The highest BCUT2D eigenvalue weighted by atomic mass is 32.1. The number of carbonyl (C=O) groups is 1. The minimum Gasteiger partial charge on any atom is -0.395 e. The molecule has 0 aliphatic heterocycles. The summed E-state index contributed by atoms with van der Waals surface area (Å²) >= 11 is 1.56.